The molecule has 146 valence electrons. The Morgan fingerprint density at radius 3 is 2.73 bits per heavy atom. The van der Waals surface area contributed by atoms with Crippen molar-refractivity contribution in [1.82, 2.24) is 0 Å². The molecule has 1 aliphatic carbocycles. The maximum Gasteiger partial charge on any atom is 0.193 e. The van der Waals surface area contributed by atoms with Crippen LogP contribution < -0.4 is 0 Å². The number of hydrogen-bond donors (Lipinski definition) is 2. The molecule has 6 heteroatoms. The van der Waals surface area contributed by atoms with Gasteiger partial charge >= 0.3 is 0 Å². The molecular weight excluding hydrogens is 336 g/mol. The molecule has 4 rings (SSSR count). The maximum atomic E-state index is 11.8. The van der Waals surface area contributed by atoms with Crippen LogP contribution in [0, 0.1) is 23.7 Å². The fourth-order valence-electron chi connectivity index (χ4n) is 5.28. The standard InChI is InChI=1S/C20H30O6/c1-12-6-7-16-13(2)17(24-11-14-5-4-10-23-14)25-18-20(16,22)15(12)8-9-19(3,21)26-18/h4-5,10,12-13,15-18,21-22H,6-9,11H2,1-3H3/t12-,13-,15?,16?,17?,18-,19-,20-/m1/s1. The zero-order valence-corrected chi connectivity index (χ0v) is 15.8. The minimum Gasteiger partial charge on any atom is -0.467 e. The summed E-state index contributed by atoms with van der Waals surface area (Å²) in [5.41, 5.74) is -1.10. The van der Waals surface area contributed by atoms with E-state index in [0.29, 0.717) is 18.9 Å². The fraction of sp³-hybridized carbons (Fsp3) is 0.800. The van der Waals surface area contributed by atoms with Crippen LogP contribution in [0.2, 0.25) is 0 Å². The van der Waals surface area contributed by atoms with Crippen LogP contribution in [0.15, 0.2) is 22.8 Å². The highest BCUT2D eigenvalue weighted by Crippen LogP contribution is 2.55. The molecule has 0 spiro atoms. The van der Waals surface area contributed by atoms with Gasteiger partial charge < -0.3 is 28.8 Å². The Morgan fingerprint density at radius 1 is 1.19 bits per heavy atom. The van der Waals surface area contributed by atoms with Crippen molar-refractivity contribution in [3.8, 4) is 0 Å². The Labute approximate surface area is 154 Å². The van der Waals surface area contributed by atoms with Crippen molar-refractivity contribution in [3.05, 3.63) is 24.2 Å². The van der Waals surface area contributed by atoms with Gasteiger partial charge in [0.05, 0.1) is 6.26 Å². The first-order chi connectivity index (χ1) is 12.3. The van der Waals surface area contributed by atoms with E-state index in [-0.39, 0.29) is 17.8 Å². The van der Waals surface area contributed by atoms with Gasteiger partial charge in [0.15, 0.2) is 18.4 Å². The molecule has 0 bridgehead atoms. The third-order valence-electron chi connectivity index (χ3n) is 6.76. The van der Waals surface area contributed by atoms with Gasteiger partial charge in [-0.25, -0.2) is 0 Å². The van der Waals surface area contributed by atoms with E-state index in [2.05, 4.69) is 13.8 Å². The van der Waals surface area contributed by atoms with E-state index in [1.807, 2.05) is 12.1 Å². The third kappa shape index (κ3) is 3.02. The number of aliphatic hydroxyl groups is 2. The molecule has 3 unspecified atom stereocenters. The lowest BCUT2D eigenvalue weighted by atomic mass is 9.58. The molecule has 26 heavy (non-hydrogen) atoms. The third-order valence-corrected chi connectivity index (χ3v) is 6.76. The van der Waals surface area contributed by atoms with Gasteiger partial charge in [-0.05, 0) is 50.2 Å². The molecule has 3 fully saturated rings. The second-order valence-electron chi connectivity index (χ2n) is 8.57. The lowest BCUT2D eigenvalue weighted by Gasteiger charge is -2.57. The van der Waals surface area contributed by atoms with Crippen molar-refractivity contribution < 1.29 is 28.8 Å². The van der Waals surface area contributed by atoms with Crippen LogP contribution in [0.25, 0.3) is 0 Å². The van der Waals surface area contributed by atoms with Gasteiger partial charge in [0.25, 0.3) is 0 Å². The monoisotopic (exact) mass is 366 g/mol. The zero-order chi connectivity index (χ0) is 18.5. The van der Waals surface area contributed by atoms with Crippen LogP contribution >= 0.6 is 0 Å². The van der Waals surface area contributed by atoms with Crippen molar-refractivity contribution in [2.45, 2.75) is 77.0 Å². The highest BCUT2D eigenvalue weighted by atomic mass is 16.8. The Bertz CT molecular complexity index is 614. The van der Waals surface area contributed by atoms with E-state index in [0.717, 1.165) is 25.0 Å². The lowest BCUT2D eigenvalue weighted by molar-refractivity contribution is -0.409. The molecule has 2 N–H and O–H groups in total. The Hall–Kier alpha value is -0.920. The second-order valence-corrected chi connectivity index (χ2v) is 8.57. The second kappa shape index (κ2) is 6.60. The molecule has 6 nitrogen and oxygen atoms in total. The van der Waals surface area contributed by atoms with E-state index >= 15 is 0 Å². The zero-order valence-electron chi connectivity index (χ0n) is 15.8. The van der Waals surface area contributed by atoms with Crippen molar-refractivity contribution in [2.24, 2.45) is 23.7 Å². The van der Waals surface area contributed by atoms with E-state index in [4.69, 9.17) is 18.6 Å². The summed E-state index contributed by atoms with van der Waals surface area (Å²) in [6, 6.07) is 3.68. The van der Waals surface area contributed by atoms with Crippen LogP contribution in [0.4, 0.5) is 0 Å². The van der Waals surface area contributed by atoms with Crippen LogP contribution in [0.3, 0.4) is 0 Å². The molecule has 8 atom stereocenters. The van der Waals surface area contributed by atoms with Gasteiger partial charge in [0, 0.05) is 18.3 Å². The van der Waals surface area contributed by atoms with Crippen molar-refractivity contribution in [3.63, 3.8) is 0 Å². The summed E-state index contributed by atoms with van der Waals surface area (Å²) < 4.78 is 23.3. The minimum atomic E-state index is -1.31. The van der Waals surface area contributed by atoms with Gasteiger partial charge in [0.2, 0.25) is 0 Å². The summed E-state index contributed by atoms with van der Waals surface area (Å²) >= 11 is 0. The Balaban J connectivity index is 1.60. The van der Waals surface area contributed by atoms with Gasteiger partial charge in [-0.2, -0.15) is 0 Å². The van der Waals surface area contributed by atoms with Gasteiger partial charge in [-0.1, -0.05) is 13.8 Å². The largest absolute Gasteiger partial charge is 0.467 e. The summed E-state index contributed by atoms with van der Waals surface area (Å²) in [5, 5.41) is 22.3. The van der Waals surface area contributed by atoms with E-state index in [1.54, 1.807) is 13.2 Å². The van der Waals surface area contributed by atoms with E-state index < -0.39 is 24.0 Å². The van der Waals surface area contributed by atoms with E-state index in [9.17, 15) is 10.2 Å². The molecule has 3 aliphatic rings. The quantitative estimate of drug-likeness (QED) is 0.856. The topological polar surface area (TPSA) is 81.3 Å². The maximum absolute atomic E-state index is 11.8. The normalized spacial score (nSPS) is 48.7. The first-order valence-electron chi connectivity index (χ1n) is 9.73. The summed E-state index contributed by atoms with van der Waals surface area (Å²) in [4.78, 5) is 0. The molecule has 0 radical (unpaired) electrons. The molecule has 0 aromatic carbocycles. The molecule has 2 aliphatic heterocycles. The minimum absolute atomic E-state index is 0.0120. The summed E-state index contributed by atoms with van der Waals surface area (Å²) in [5.74, 6) is -0.133. The Morgan fingerprint density at radius 2 is 2.00 bits per heavy atom. The highest BCUT2D eigenvalue weighted by Gasteiger charge is 2.63. The molecule has 1 aromatic heterocycles. The molecule has 1 saturated carbocycles. The SMILES string of the molecule is C[C@H]1C(OCc2ccco2)O[C@@H]2O[C@@](C)(O)CCC3[C@H](C)CCC1[C@]32O. The summed E-state index contributed by atoms with van der Waals surface area (Å²) in [6.45, 7) is 6.20. The predicted octanol–water partition coefficient (Wildman–Crippen LogP) is 3.03. The highest BCUT2D eigenvalue weighted by molar-refractivity contribution is 5.07. The predicted molar refractivity (Wildman–Crippen MR) is 92.6 cm³/mol. The molecular formula is C20H30O6. The van der Waals surface area contributed by atoms with Gasteiger partial charge in [-0.3, -0.25) is 0 Å². The number of furan rings is 1. The first-order valence-corrected chi connectivity index (χ1v) is 9.73. The molecule has 3 heterocycles. The van der Waals surface area contributed by atoms with Crippen molar-refractivity contribution in [1.29, 1.82) is 0 Å². The number of rotatable bonds is 3. The molecule has 1 aromatic rings. The van der Waals surface area contributed by atoms with Crippen LogP contribution in [0.1, 0.15) is 52.2 Å². The molecule has 2 saturated heterocycles. The van der Waals surface area contributed by atoms with Crippen molar-refractivity contribution >= 4 is 0 Å². The summed E-state index contributed by atoms with van der Waals surface area (Å²) in [6.07, 6.45) is 3.38. The smallest absolute Gasteiger partial charge is 0.193 e. The number of ether oxygens (including phenoxy) is 3. The average molecular weight is 366 g/mol. The average Bonchev–Trinajstić information content (AvgIpc) is 3.05. The fourth-order valence-corrected chi connectivity index (χ4v) is 5.28. The van der Waals surface area contributed by atoms with Crippen LogP contribution in [-0.2, 0) is 20.8 Å². The van der Waals surface area contributed by atoms with Gasteiger partial charge in [0.1, 0.15) is 18.0 Å². The Kier molecular flexibility index (Phi) is 4.68. The summed E-state index contributed by atoms with van der Waals surface area (Å²) in [7, 11) is 0. The molecule has 0 amide bonds. The van der Waals surface area contributed by atoms with E-state index in [1.165, 1.54) is 0 Å². The van der Waals surface area contributed by atoms with Crippen LogP contribution in [-0.4, -0.2) is 34.2 Å². The lowest BCUT2D eigenvalue weighted by Crippen LogP contribution is -2.67. The van der Waals surface area contributed by atoms with Crippen molar-refractivity contribution in [2.75, 3.05) is 0 Å². The van der Waals surface area contributed by atoms with Crippen LogP contribution in [0.5, 0.6) is 0 Å². The number of hydrogen-bond acceptors (Lipinski definition) is 6. The van der Waals surface area contributed by atoms with Gasteiger partial charge in [-0.15, -0.1) is 0 Å². The first kappa shape index (κ1) is 18.4.